The lowest BCUT2D eigenvalue weighted by atomic mass is 9.44. The highest BCUT2D eigenvalue weighted by Crippen LogP contribution is 2.61. The minimum absolute atomic E-state index is 0.479. The summed E-state index contributed by atoms with van der Waals surface area (Å²) >= 11 is 0. The van der Waals surface area contributed by atoms with Gasteiger partial charge in [0.25, 0.3) is 0 Å². The number of carbonyl (C=O) groups is 6. The molecule has 0 spiro atoms. The molecule has 12 heteroatoms. The lowest BCUT2D eigenvalue weighted by Gasteiger charge is -2.51. The van der Waals surface area contributed by atoms with E-state index in [2.05, 4.69) is 0 Å². The normalized spacial score (nSPS) is 20.5. The number of aliphatic carboxylic acids is 4. The van der Waals surface area contributed by atoms with E-state index in [9.17, 15) is 49.2 Å². The Bertz CT molecular complexity index is 583. The van der Waals surface area contributed by atoms with Crippen molar-refractivity contribution in [3.63, 3.8) is 0 Å². The first-order valence-electron chi connectivity index (χ1n) is 6.40. The molecule has 1 aliphatic carbocycles. The monoisotopic (exact) mass is 346 g/mol. The molecule has 1 aliphatic rings. The first-order chi connectivity index (χ1) is 10.9. The van der Waals surface area contributed by atoms with Gasteiger partial charge in [-0.25, -0.2) is 0 Å². The zero-order chi connectivity index (χ0) is 19.1. The van der Waals surface area contributed by atoms with Gasteiger partial charge in [-0.05, 0) is 19.3 Å². The fraction of sp³-hybridized carbons (Fsp3) is 0.500. The molecule has 0 bridgehead atoms. The predicted molar refractivity (Wildman–Crippen MR) is 70.1 cm³/mol. The summed E-state index contributed by atoms with van der Waals surface area (Å²) in [5.74, 6) is -13.4. The van der Waals surface area contributed by atoms with Gasteiger partial charge in [0.1, 0.15) is 0 Å². The molecule has 0 aromatic heterocycles. The Morgan fingerprint density at radius 2 is 0.958 bits per heavy atom. The van der Waals surface area contributed by atoms with E-state index >= 15 is 0 Å². The second-order valence-electron chi connectivity index (χ2n) is 5.36. The average molecular weight is 346 g/mol. The Balaban J connectivity index is 4.23. The van der Waals surface area contributed by atoms with Crippen molar-refractivity contribution in [2.75, 3.05) is 0 Å². The van der Waals surface area contributed by atoms with Crippen LogP contribution in [0.1, 0.15) is 19.3 Å². The molecule has 0 radical (unpaired) electrons. The van der Waals surface area contributed by atoms with Crippen LogP contribution in [0.5, 0.6) is 0 Å². The molecule has 0 aromatic carbocycles. The lowest BCUT2D eigenvalue weighted by Crippen LogP contribution is -2.75. The number of hydrogen-bond donors (Lipinski definition) is 6. The van der Waals surface area contributed by atoms with Gasteiger partial charge in [0, 0.05) is 0 Å². The quantitative estimate of drug-likeness (QED) is 0.275. The minimum atomic E-state index is -3.92. The number of carboxylic acids is 4. The molecule has 0 saturated heterocycles. The Hall–Kier alpha value is -3.18. The molecule has 0 heterocycles. The summed E-state index contributed by atoms with van der Waals surface area (Å²) in [5, 5.41) is 37.8. The van der Waals surface area contributed by atoms with Crippen LogP contribution in [-0.4, -0.2) is 56.1 Å². The maximum absolute atomic E-state index is 11.9. The number of primary amides is 2. The number of rotatable bonds is 6. The summed E-state index contributed by atoms with van der Waals surface area (Å²) < 4.78 is 0. The lowest BCUT2D eigenvalue weighted by molar-refractivity contribution is -0.217. The van der Waals surface area contributed by atoms with Crippen LogP contribution in [0.2, 0.25) is 0 Å². The van der Waals surface area contributed by atoms with Gasteiger partial charge < -0.3 is 31.9 Å². The molecule has 0 unspecified atom stereocenters. The van der Waals surface area contributed by atoms with Gasteiger partial charge in [0.05, 0.1) is 0 Å². The Morgan fingerprint density at radius 3 is 1.21 bits per heavy atom. The van der Waals surface area contributed by atoms with Crippen molar-refractivity contribution in [1.29, 1.82) is 0 Å². The van der Waals surface area contributed by atoms with E-state index in [1.807, 2.05) is 0 Å². The highest BCUT2D eigenvalue weighted by atomic mass is 16.4. The van der Waals surface area contributed by atoms with E-state index in [0.29, 0.717) is 0 Å². The zero-order valence-corrected chi connectivity index (χ0v) is 12.0. The van der Waals surface area contributed by atoms with Crippen molar-refractivity contribution in [3.8, 4) is 0 Å². The Morgan fingerprint density at radius 1 is 0.625 bits per heavy atom. The maximum atomic E-state index is 11.9. The van der Waals surface area contributed by atoms with Crippen LogP contribution in [-0.2, 0) is 28.8 Å². The summed E-state index contributed by atoms with van der Waals surface area (Å²) in [4.78, 5) is 70.8. The highest BCUT2D eigenvalue weighted by molar-refractivity contribution is 6.22. The van der Waals surface area contributed by atoms with Crippen LogP contribution in [0.25, 0.3) is 0 Å². The molecule has 2 amide bonds. The SMILES string of the molecule is NC(=O)C1(C(N)=O)CCCC(C(=O)O)(C(=O)O)C1(C(=O)O)C(=O)O. The second kappa shape index (κ2) is 5.47. The van der Waals surface area contributed by atoms with Gasteiger partial charge in [-0.3, -0.25) is 28.8 Å². The number of hydrogen-bond acceptors (Lipinski definition) is 6. The number of nitrogens with two attached hydrogens (primary N) is 2. The summed E-state index contributed by atoms with van der Waals surface area (Å²) in [6.07, 6.45) is -2.26. The van der Waals surface area contributed by atoms with E-state index in [0.717, 1.165) is 0 Å². The van der Waals surface area contributed by atoms with Crippen molar-refractivity contribution in [2.24, 2.45) is 27.7 Å². The molecule has 0 atom stereocenters. The fourth-order valence-corrected chi connectivity index (χ4v) is 3.54. The van der Waals surface area contributed by atoms with Crippen molar-refractivity contribution in [1.82, 2.24) is 0 Å². The molecule has 1 fully saturated rings. The van der Waals surface area contributed by atoms with Gasteiger partial charge in [-0.2, -0.15) is 0 Å². The third-order valence-electron chi connectivity index (χ3n) is 4.60. The summed E-state index contributed by atoms with van der Waals surface area (Å²) in [5.41, 5.74) is -0.661. The molecule has 12 nitrogen and oxygen atoms in total. The smallest absolute Gasteiger partial charge is 0.324 e. The largest absolute Gasteiger partial charge is 0.480 e. The van der Waals surface area contributed by atoms with Crippen molar-refractivity contribution < 1.29 is 49.2 Å². The van der Waals surface area contributed by atoms with E-state index in [-0.39, 0.29) is 0 Å². The summed E-state index contributed by atoms with van der Waals surface area (Å²) in [6, 6.07) is 0. The van der Waals surface area contributed by atoms with Crippen molar-refractivity contribution in [2.45, 2.75) is 19.3 Å². The number of carboxylic acid groups (broad SMARTS) is 4. The molecule has 1 rings (SSSR count). The first kappa shape index (κ1) is 18.9. The van der Waals surface area contributed by atoms with E-state index in [1.165, 1.54) is 0 Å². The molecule has 0 aromatic rings. The third-order valence-corrected chi connectivity index (χ3v) is 4.60. The third kappa shape index (κ3) is 1.73. The average Bonchev–Trinajstić information content (AvgIpc) is 2.43. The van der Waals surface area contributed by atoms with Crippen molar-refractivity contribution in [3.05, 3.63) is 0 Å². The zero-order valence-electron chi connectivity index (χ0n) is 12.0. The molecule has 1 saturated carbocycles. The maximum Gasteiger partial charge on any atom is 0.324 e. The predicted octanol–water partition coefficient (Wildman–Crippen LogP) is -2.56. The van der Waals surface area contributed by atoms with Gasteiger partial charge >= 0.3 is 23.9 Å². The standard InChI is InChI=1S/C12H14N2O10/c13-4(15)10(5(14)16)2-1-3-11(6(17)18,7(19)20)12(10,8(21)22)9(23)24/h1-3H2,(H2,13,15)(H2,14,16)(H,17,18)(H,19,20)(H,21,22)(H,23,24). The van der Waals surface area contributed by atoms with Crippen LogP contribution in [0.15, 0.2) is 0 Å². The molecule has 132 valence electrons. The highest BCUT2D eigenvalue weighted by Gasteiger charge is 2.84. The first-order valence-corrected chi connectivity index (χ1v) is 6.40. The van der Waals surface area contributed by atoms with Gasteiger partial charge in [-0.15, -0.1) is 0 Å². The van der Waals surface area contributed by atoms with Gasteiger partial charge in [0.15, 0.2) is 10.8 Å². The minimum Gasteiger partial charge on any atom is -0.480 e. The Labute approximate surface area is 133 Å². The van der Waals surface area contributed by atoms with Crippen LogP contribution in [0, 0.1) is 16.2 Å². The molecular formula is C12H14N2O10. The van der Waals surface area contributed by atoms with E-state index in [1.54, 1.807) is 0 Å². The molecular weight excluding hydrogens is 332 g/mol. The van der Waals surface area contributed by atoms with Crippen LogP contribution < -0.4 is 11.5 Å². The van der Waals surface area contributed by atoms with Crippen molar-refractivity contribution >= 4 is 35.7 Å². The summed E-state index contributed by atoms with van der Waals surface area (Å²) in [7, 11) is 0. The van der Waals surface area contributed by atoms with Crippen LogP contribution >= 0.6 is 0 Å². The summed E-state index contributed by atoms with van der Waals surface area (Å²) in [6.45, 7) is 0. The topological polar surface area (TPSA) is 235 Å². The van der Waals surface area contributed by atoms with E-state index in [4.69, 9.17) is 11.5 Å². The van der Waals surface area contributed by atoms with Gasteiger partial charge in [-0.1, -0.05) is 0 Å². The molecule has 24 heavy (non-hydrogen) atoms. The number of carbonyl (C=O) groups excluding carboxylic acids is 2. The van der Waals surface area contributed by atoms with E-state index < -0.39 is 71.2 Å². The number of amides is 2. The fourth-order valence-electron chi connectivity index (χ4n) is 3.54. The van der Waals surface area contributed by atoms with Crippen LogP contribution in [0.3, 0.4) is 0 Å². The Kier molecular flexibility index (Phi) is 4.30. The second-order valence-corrected chi connectivity index (χ2v) is 5.36. The molecule has 0 aliphatic heterocycles. The van der Waals surface area contributed by atoms with Crippen LogP contribution in [0.4, 0.5) is 0 Å². The molecule has 8 N–H and O–H groups in total. The van der Waals surface area contributed by atoms with Gasteiger partial charge in [0.2, 0.25) is 17.2 Å².